The van der Waals surface area contributed by atoms with Crippen LogP contribution >= 0.6 is 0 Å². The molecule has 2 amide bonds. The van der Waals surface area contributed by atoms with Crippen molar-refractivity contribution in [2.45, 2.75) is 13.0 Å². The van der Waals surface area contributed by atoms with Crippen LogP contribution in [0.3, 0.4) is 0 Å². The molecule has 1 radical (unpaired) electrons. The monoisotopic (exact) mass is 418 g/mol. The van der Waals surface area contributed by atoms with Crippen LogP contribution < -0.4 is 10.9 Å². The third-order valence-electron chi connectivity index (χ3n) is 3.60. The Morgan fingerprint density at radius 2 is 1.96 bits per heavy atom. The summed E-state index contributed by atoms with van der Waals surface area (Å²) in [7, 11) is 4.92. The molecule has 131 valence electrons. The van der Waals surface area contributed by atoms with Crippen molar-refractivity contribution in [3.8, 4) is 11.1 Å². The van der Waals surface area contributed by atoms with Gasteiger partial charge in [0.1, 0.15) is 0 Å². The van der Waals surface area contributed by atoms with Crippen molar-refractivity contribution in [1.82, 2.24) is 20.0 Å². The minimum atomic E-state index is -0.251. The second-order valence-corrected chi connectivity index (χ2v) is 5.58. The molecule has 1 heterocycles. The standard InChI is InChI=1S/C17H21N4O3.Y/c1-20(2)17(24)18-9-8-12-4-6-13(7-5-12)15-14(11-22)10-19-21(3)16(15)23;/h4-7,9-10,22H,8,11H2,1-3H3,(H,18,24);/q-1;. The van der Waals surface area contributed by atoms with Crippen LogP contribution in [0.25, 0.3) is 11.1 Å². The van der Waals surface area contributed by atoms with E-state index in [1.807, 2.05) is 24.3 Å². The van der Waals surface area contributed by atoms with Crippen molar-refractivity contribution >= 4 is 6.03 Å². The van der Waals surface area contributed by atoms with Crippen LogP contribution in [0.4, 0.5) is 4.79 Å². The van der Waals surface area contributed by atoms with Gasteiger partial charge in [-0.1, -0.05) is 29.8 Å². The van der Waals surface area contributed by atoms with Gasteiger partial charge in [0.25, 0.3) is 11.6 Å². The number of amides is 2. The Labute approximate surface area is 171 Å². The van der Waals surface area contributed by atoms with Crippen LogP contribution in [0.5, 0.6) is 0 Å². The predicted octanol–water partition coefficient (Wildman–Crippen LogP) is 0.913. The van der Waals surface area contributed by atoms with E-state index in [4.69, 9.17) is 0 Å². The van der Waals surface area contributed by atoms with Crippen molar-refractivity contribution in [3.63, 3.8) is 0 Å². The first kappa shape index (κ1) is 21.5. The van der Waals surface area contributed by atoms with Crippen molar-refractivity contribution in [1.29, 1.82) is 0 Å². The number of hydrogen-bond acceptors (Lipinski definition) is 4. The molecule has 0 atom stereocenters. The van der Waals surface area contributed by atoms with E-state index in [9.17, 15) is 14.7 Å². The first-order chi connectivity index (χ1) is 11.4. The number of nitrogens with zero attached hydrogens (tertiary/aromatic N) is 3. The van der Waals surface area contributed by atoms with E-state index in [-0.39, 0.29) is 50.9 Å². The van der Waals surface area contributed by atoms with E-state index in [1.165, 1.54) is 15.8 Å². The molecule has 0 bridgehead atoms. The minimum absolute atomic E-state index is 0. The Balaban J connectivity index is 0.00000312. The first-order valence-electron chi connectivity index (χ1n) is 7.49. The predicted molar refractivity (Wildman–Crippen MR) is 91.1 cm³/mol. The van der Waals surface area contributed by atoms with Crippen LogP contribution in [-0.4, -0.2) is 39.9 Å². The van der Waals surface area contributed by atoms with Gasteiger partial charge in [-0.3, -0.25) is 9.59 Å². The molecule has 1 aromatic carbocycles. The molecule has 2 aromatic rings. The molecule has 0 saturated carbocycles. The summed E-state index contributed by atoms with van der Waals surface area (Å²) in [6, 6.07) is 7.24. The van der Waals surface area contributed by atoms with Gasteiger partial charge in [-0.25, -0.2) is 11.2 Å². The van der Waals surface area contributed by atoms with Gasteiger partial charge < -0.3 is 15.3 Å². The maximum atomic E-state index is 12.3. The normalized spacial score (nSPS) is 10.1. The number of aryl methyl sites for hydroxylation is 1. The van der Waals surface area contributed by atoms with E-state index >= 15 is 0 Å². The number of nitrogens with one attached hydrogen (secondary N) is 1. The van der Waals surface area contributed by atoms with Gasteiger partial charge >= 0.3 is 0 Å². The molecule has 0 aliphatic carbocycles. The molecule has 2 N–H and O–H groups in total. The average molecular weight is 418 g/mol. The zero-order valence-electron chi connectivity index (χ0n) is 14.6. The summed E-state index contributed by atoms with van der Waals surface area (Å²) < 4.78 is 1.24. The molecular weight excluding hydrogens is 397 g/mol. The van der Waals surface area contributed by atoms with Gasteiger partial charge in [-0.05, 0) is 5.56 Å². The van der Waals surface area contributed by atoms with E-state index in [0.717, 1.165) is 11.1 Å². The van der Waals surface area contributed by atoms with Gasteiger partial charge in [0.15, 0.2) is 0 Å². The molecule has 0 spiro atoms. The number of urea groups is 1. The zero-order valence-corrected chi connectivity index (χ0v) is 17.4. The maximum absolute atomic E-state index is 12.3. The molecule has 0 aliphatic rings. The fourth-order valence-corrected chi connectivity index (χ4v) is 2.19. The Kier molecular flexibility index (Phi) is 8.42. The van der Waals surface area contributed by atoms with E-state index in [2.05, 4.69) is 10.4 Å². The number of aliphatic hydroxyl groups excluding tert-OH is 1. The number of aliphatic hydroxyl groups is 1. The maximum Gasteiger partial charge on any atom is 0.287 e. The molecule has 8 heteroatoms. The second kappa shape index (κ2) is 9.80. The average Bonchev–Trinajstić information content (AvgIpc) is 2.57. The summed E-state index contributed by atoms with van der Waals surface area (Å²) in [6.07, 6.45) is 2.07. The number of rotatable bonds is 5. The molecule has 1 aromatic heterocycles. The van der Waals surface area contributed by atoms with Crippen LogP contribution in [-0.2, 0) is 52.8 Å². The fourth-order valence-electron chi connectivity index (χ4n) is 2.19. The van der Waals surface area contributed by atoms with E-state index in [0.29, 0.717) is 17.5 Å². The number of hydrogen-bond donors (Lipinski definition) is 2. The second-order valence-electron chi connectivity index (χ2n) is 5.58. The summed E-state index contributed by atoms with van der Waals surface area (Å²) in [6.45, 7) is 1.44. The summed E-state index contributed by atoms with van der Waals surface area (Å²) in [5.41, 5.74) is 2.42. The zero-order chi connectivity index (χ0) is 17.7. The third kappa shape index (κ3) is 5.46. The quantitative estimate of drug-likeness (QED) is 0.707. The van der Waals surface area contributed by atoms with Gasteiger partial charge in [-0.2, -0.15) is 5.10 Å². The molecule has 0 unspecified atom stereocenters. The van der Waals surface area contributed by atoms with Crippen LogP contribution in [0.1, 0.15) is 11.1 Å². The summed E-state index contributed by atoms with van der Waals surface area (Å²) in [4.78, 5) is 25.2. The Morgan fingerprint density at radius 3 is 2.52 bits per heavy atom. The molecule has 0 saturated heterocycles. The van der Waals surface area contributed by atoms with Crippen molar-refractivity contribution in [2.24, 2.45) is 7.05 Å². The number of carbonyl (C=O) groups is 1. The molecule has 2 rings (SSSR count). The van der Waals surface area contributed by atoms with Gasteiger partial charge in [0.05, 0.1) is 18.4 Å². The first-order valence-corrected chi connectivity index (χ1v) is 7.49. The Hall–Kier alpha value is -1.57. The minimum Gasteiger partial charge on any atom is -0.487 e. The summed E-state index contributed by atoms with van der Waals surface area (Å²) >= 11 is 0. The number of aromatic nitrogens is 2. The number of benzene rings is 1. The van der Waals surface area contributed by atoms with E-state index in [1.54, 1.807) is 27.7 Å². The molecule has 0 fully saturated rings. The van der Waals surface area contributed by atoms with Crippen molar-refractivity contribution < 1.29 is 42.6 Å². The Morgan fingerprint density at radius 1 is 1.32 bits per heavy atom. The Bertz CT molecular complexity index is 772. The van der Waals surface area contributed by atoms with Gasteiger partial charge in [0.2, 0.25) is 0 Å². The molecule has 25 heavy (non-hydrogen) atoms. The van der Waals surface area contributed by atoms with Crippen molar-refractivity contribution in [3.05, 3.63) is 58.5 Å². The van der Waals surface area contributed by atoms with Crippen molar-refractivity contribution in [2.75, 3.05) is 14.1 Å². The van der Waals surface area contributed by atoms with Gasteiger partial charge in [0, 0.05) is 59.4 Å². The third-order valence-corrected chi connectivity index (χ3v) is 3.60. The smallest absolute Gasteiger partial charge is 0.287 e. The SMILES string of the molecule is CN(C)C(=O)N[CH-]Cc1ccc(-c2c(CO)cnn(C)c2=O)cc1.[Y]. The molecular formula is C17H21N4O3Y-. The number of carbonyl (C=O) groups excluding carboxylic acids is 1. The van der Waals surface area contributed by atoms with Crippen LogP contribution in [0.2, 0.25) is 0 Å². The molecule has 7 nitrogen and oxygen atoms in total. The van der Waals surface area contributed by atoms with Gasteiger partial charge in [-0.15, -0.1) is 6.42 Å². The summed E-state index contributed by atoms with van der Waals surface area (Å²) in [5.74, 6) is 0. The molecule has 0 aliphatic heterocycles. The van der Waals surface area contributed by atoms with E-state index < -0.39 is 0 Å². The topological polar surface area (TPSA) is 87.5 Å². The summed E-state index contributed by atoms with van der Waals surface area (Å²) in [5, 5.41) is 16.0. The fraction of sp³-hybridized carbons (Fsp3) is 0.294. The largest absolute Gasteiger partial charge is 0.487 e. The van der Waals surface area contributed by atoms with Crippen LogP contribution in [0, 0.1) is 6.54 Å². The van der Waals surface area contributed by atoms with Crippen LogP contribution in [0.15, 0.2) is 35.3 Å².